The van der Waals surface area contributed by atoms with Crippen LogP contribution in [0.4, 0.5) is 13.2 Å². The van der Waals surface area contributed by atoms with Crippen LogP contribution in [-0.2, 0) is 35.2 Å². The van der Waals surface area contributed by atoms with E-state index < -0.39 is 11.7 Å². The van der Waals surface area contributed by atoms with Crippen molar-refractivity contribution >= 4 is 11.8 Å². The van der Waals surface area contributed by atoms with E-state index >= 15 is 0 Å². The second kappa shape index (κ2) is 10.8. The van der Waals surface area contributed by atoms with Crippen LogP contribution in [-0.4, -0.2) is 45.9 Å². The van der Waals surface area contributed by atoms with Gasteiger partial charge >= 0.3 is 6.18 Å². The summed E-state index contributed by atoms with van der Waals surface area (Å²) in [7, 11) is 0. The Morgan fingerprint density at radius 1 is 0.917 bits per heavy atom. The smallest absolute Gasteiger partial charge is 0.416 e. The largest absolute Gasteiger partial charge is 0.508 e. The minimum absolute atomic E-state index is 0.0385. The standard InChI is InChI=1S/C28H27F3N2O3/c29-28(30,31)23-10-4-9-22(14-23)17-33-24(13-12-20-6-2-1-3-7-20)18-32(19-27(33)36)26(35)16-21-8-5-11-25(34)15-21/h1-11,14-15,24,34H,12-13,16-19H2/t24-/m0/s1. The number of amides is 2. The normalized spacial score (nSPS) is 16.3. The van der Waals surface area contributed by atoms with E-state index in [9.17, 15) is 27.9 Å². The predicted octanol–water partition coefficient (Wildman–Crippen LogP) is 4.83. The number of carbonyl (C=O) groups excluding carboxylic acids is 2. The molecule has 5 nitrogen and oxygen atoms in total. The SMILES string of the molecule is O=C(Cc1cccc(O)c1)N1CC(=O)N(Cc2cccc(C(F)(F)F)c2)[C@@H](CCc2ccccc2)C1. The first kappa shape index (κ1) is 25.3. The van der Waals surface area contributed by atoms with E-state index in [1.807, 2.05) is 30.3 Å². The molecule has 3 aromatic carbocycles. The van der Waals surface area contributed by atoms with E-state index in [0.717, 1.165) is 17.7 Å². The highest BCUT2D eigenvalue weighted by Crippen LogP contribution is 2.30. The Bertz CT molecular complexity index is 1210. The van der Waals surface area contributed by atoms with Gasteiger partial charge in [-0.1, -0.05) is 54.6 Å². The van der Waals surface area contributed by atoms with Crippen LogP contribution >= 0.6 is 0 Å². The first-order valence-electron chi connectivity index (χ1n) is 11.7. The Balaban J connectivity index is 1.53. The number of benzene rings is 3. The van der Waals surface area contributed by atoms with Gasteiger partial charge < -0.3 is 14.9 Å². The molecule has 1 fully saturated rings. The van der Waals surface area contributed by atoms with E-state index in [0.29, 0.717) is 24.0 Å². The number of carbonyl (C=O) groups is 2. The molecule has 0 spiro atoms. The summed E-state index contributed by atoms with van der Waals surface area (Å²) in [5, 5.41) is 9.69. The van der Waals surface area contributed by atoms with E-state index in [1.54, 1.807) is 23.1 Å². The van der Waals surface area contributed by atoms with Crippen molar-refractivity contribution in [3.8, 4) is 5.75 Å². The van der Waals surface area contributed by atoms with Gasteiger partial charge in [-0.25, -0.2) is 0 Å². The molecule has 1 saturated heterocycles. The lowest BCUT2D eigenvalue weighted by atomic mass is 9.99. The van der Waals surface area contributed by atoms with Crippen molar-refractivity contribution in [2.45, 2.75) is 38.0 Å². The molecule has 1 heterocycles. The maximum absolute atomic E-state index is 13.2. The molecular formula is C28H27F3N2O3. The second-order valence-electron chi connectivity index (χ2n) is 9.02. The average Bonchev–Trinajstić information content (AvgIpc) is 2.84. The lowest BCUT2D eigenvalue weighted by Gasteiger charge is -2.41. The molecular weight excluding hydrogens is 469 g/mol. The number of rotatable bonds is 7. The van der Waals surface area contributed by atoms with Crippen LogP contribution in [0.25, 0.3) is 0 Å². The maximum Gasteiger partial charge on any atom is 0.416 e. The van der Waals surface area contributed by atoms with Crippen molar-refractivity contribution in [2.24, 2.45) is 0 Å². The highest BCUT2D eigenvalue weighted by atomic mass is 19.4. The lowest BCUT2D eigenvalue weighted by molar-refractivity contribution is -0.149. The third-order valence-corrected chi connectivity index (χ3v) is 6.35. The predicted molar refractivity (Wildman–Crippen MR) is 129 cm³/mol. The highest BCUT2D eigenvalue weighted by Gasteiger charge is 2.35. The van der Waals surface area contributed by atoms with Gasteiger partial charge in [0.1, 0.15) is 5.75 Å². The van der Waals surface area contributed by atoms with Gasteiger partial charge in [0, 0.05) is 13.1 Å². The average molecular weight is 497 g/mol. The van der Waals surface area contributed by atoms with Crippen LogP contribution in [0.15, 0.2) is 78.9 Å². The molecule has 1 atom stereocenters. The Labute approximate surface area is 207 Å². The molecule has 8 heteroatoms. The minimum Gasteiger partial charge on any atom is -0.508 e. The topological polar surface area (TPSA) is 60.9 Å². The quantitative estimate of drug-likeness (QED) is 0.510. The van der Waals surface area contributed by atoms with Crippen molar-refractivity contribution in [3.05, 3.63) is 101 Å². The van der Waals surface area contributed by atoms with Gasteiger partial charge in [-0.05, 0) is 53.8 Å². The minimum atomic E-state index is -4.47. The summed E-state index contributed by atoms with van der Waals surface area (Å²) in [5.41, 5.74) is 1.35. The summed E-state index contributed by atoms with van der Waals surface area (Å²) < 4.78 is 39.6. The van der Waals surface area contributed by atoms with Crippen LogP contribution in [0.5, 0.6) is 5.75 Å². The number of phenolic OH excluding ortho intramolecular Hbond substituents is 1. The summed E-state index contributed by atoms with van der Waals surface area (Å²) >= 11 is 0. The summed E-state index contributed by atoms with van der Waals surface area (Å²) in [6, 6.07) is 20.8. The molecule has 3 aromatic rings. The third-order valence-electron chi connectivity index (χ3n) is 6.35. The Hall–Kier alpha value is -3.81. The number of hydrogen-bond acceptors (Lipinski definition) is 3. The number of nitrogens with zero attached hydrogens (tertiary/aromatic N) is 2. The van der Waals surface area contributed by atoms with Gasteiger partial charge in [0.25, 0.3) is 0 Å². The van der Waals surface area contributed by atoms with E-state index in [-0.39, 0.29) is 49.7 Å². The number of aryl methyl sites for hydroxylation is 1. The molecule has 1 aliphatic rings. The van der Waals surface area contributed by atoms with Crippen LogP contribution in [0.1, 0.15) is 28.7 Å². The van der Waals surface area contributed by atoms with E-state index in [1.165, 1.54) is 23.1 Å². The molecule has 1 N–H and O–H groups in total. The van der Waals surface area contributed by atoms with Gasteiger partial charge in [0.05, 0.1) is 24.6 Å². The Kier molecular flexibility index (Phi) is 7.62. The zero-order valence-electron chi connectivity index (χ0n) is 19.6. The van der Waals surface area contributed by atoms with Crippen LogP contribution in [0, 0.1) is 0 Å². The van der Waals surface area contributed by atoms with Gasteiger partial charge in [-0.2, -0.15) is 13.2 Å². The second-order valence-corrected chi connectivity index (χ2v) is 9.02. The maximum atomic E-state index is 13.2. The zero-order valence-corrected chi connectivity index (χ0v) is 19.6. The van der Waals surface area contributed by atoms with Crippen LogP contribution < -0.4 is 0 Å². The van der Waals surface area contributed by atoms with Gasteiger partial charge in [-0.15, -0.1) is 0 Å². The molecule has 0 aliphatic carbocycles. The molecule has 1 aliphatic heterocycles. The monoisotopic (exact) mass is 496 g/mol. The number of hydrogen-bond donors (Lipinski definition) is 1. The van der Waals surface area contributed by atoms with Crippen molar-refractivity contribution in [3.63, 3.8) is 0 Å². The fourth-order valence-electron chi connectivity index (χ4n) is 4.50. The fourth-order valence-corrected chi connectivity index (χ4v) is 4.50. The molecule has 36 heavy (non-hydrogen) atoms. The fraction of sp³-hybridized carbons (Fsp3) is 0.286. The molecule has 0 saturated carbocycles. The first-order chi connectivity index (χ1) is 17.2. The molecule has 4 rings (SSSR count). The van der Waals surface area contributed by atoms with Crippen LogP contribution in [0.3, 0.4) is 0 Å². The number of alkyl halides is 3. The van der Waals surface area contributed by atoms with Crippen LogP contribution in [0.2, 0.25) is 0 Å². The summed E-state index contributed by atoms with van der Waals surface area (Å²) in [5.74, 6) is -0.485. The molecule has 0 bridgehead atoms. The summed E-state index contributed by atoms with van der Waals surface area (Å²) in [4.78, 5) is 29.3. The molecule has 2 amide bonds. The van der Waals surface area contributed by atoms with E-state index in [2.05, 4.69) is 0 Å². The van der Waals surface area contributed by atoms with E-state index in [4.69, 9.17) is 0 Å². The van der Waals surface area contributed by atoms with Crippen molar-refractivity contribution in [1.29, 1.82) is 0 Å². The Morgan fingerprint density at radius 3 is 2.33 bits per heavy atom. The van der Waals surface area contributed by atoms with Crippen molar-refractivity contribution < 1.29 is 27.9 Å². The van der Waals surface area contributed by atoms with Crippen molar-refractivity contribution in [1.82, 2.24) is 9.80 Å². The first-order valence-corrected chi connectivity index (χ1v) is 11.7. The third kappa shape index (κ3) is 6.44. The number of piperazine rings is 1. The zero-order chi connectivity index (χ0) is 25.7. The summed E-state index contributed by atoms with van der Waals surface area (Å²) in [6.45, 7) is 0.185. The molecule has 0 unspecified atom stereocenters. The van der Waals surface area contributed by atoms with Gasteiger partial charge in [0.15, 0.2) is 0 Å². The van der Waals surface area contributed by atoms with Crippen molar-refractivity contribution in [2.75, 3.05) is 13.1 Å². The number of phenols is 1. The van der Waals surface area contributed by atoms with Gasteiger partial charge in [0.2, 0.25) is 11.8 Å². The number of halogens is 3. The van der Waals surface area contributed by atoms with Gasteiger partial charge in [-0.3, -0.25) is 9.59 Å². The number of aromatic hydroxyl groups is 1. The molecule has 188 valence electrons. The molecule has 0 aromatic heterocycles. The molecule has 0 radical (unpaired) electrons. The summed E-state index contributed by atoms with van der Waals surface area (Å²) in [6.07, 6.45) is -3.21. The Morgan fingerprint density at radius 2 is 1.61 bits per heavy atom. The lowest BCUT2D eigenvalue weighted by Crippen LogP contribution is -2.57. The highest BCUT2D eigenvalue weighted by molar-refractivity contribution is 5.87.